The fourth-order valence-electron chi connectivity index (χ4n) is 1.55. The first-order valence-electron chi connectivity index (χ1n) is 4.52. The highest BCUT2D eigenvalue weighted by atomic mass is 35.5. The summed E-state index contributed by atoms with van der Waals surface area (Å²) in [7, 11) is 0. The Bertz CT molecular complexity index is 525. The molecule has 16 heavy (non-hydrogen) atoms. The molecular formula is C10H10ClN3O2. The molecule has 1 aromatic carbocycles. The number of nitrogens with one attached hydrogen (secondary N) is 1. The van der Waals surface area contributed by atoms with E-state index in [-0.39, 0.29) is 11.5 Å². The van der Waals surface area contributed by atoms with Crippen LogP contribution in [0.25, 0.3) is 11.1 Å². The van der Waals surface area contributed by atoms with Crippen molar-refractivity contribution in [1.82, 2.24) is 10.2 Å². The van der Waals surface area contributed by atoms with E-state index in [0.29, 0.717) is 27.5 Å². The van der Waals surface area contributed by atoms with Crippen LogP contribution < -0.4 is 5.73 Å². The molecule has 1 heterocycles. The summed E-state index contributed by atoms with van der Waals surface area (Å²) < 4.78 is 0. The minimum Gasteiger partial charge on any atom is -0.504 e. The number of hydrogen-bond acceptors (Lipinski definition) is 4. The summed E-state index contributed by atoms with van der Waals surface area (Å²) in [5, 5.41) is 25.9. The first-order valence-corrected chi connectivity index (χ1v) is 4.90. The van der Waals surface area contributed by atoms with Gasteiger partial charge in [0.05, 0.1) is 6.20 Å². The van der Waals surface area contributed by atoms with Gasteiger partial charge in [0.1, 0.15) is 5.82 Å². The number of aromatic hydroxyl groups is 2. The summed E-state index contributed by atoms with van der Waals surface area (Å²) >= 11 is 5.92. The van der Waals surface area contributed by atoms with Crippen molar-refractivity contribution in [1.29, 1.82) is 0 Å². The second-order valence-electron chi connectivity index (χ2n) is 3.42. The molecule has 0 atom stereocenters. The molecule has 0 fully saturated rings. The molecule has 1 aromatic heterocycles. The lowest BCUT2D eigenvalue weighted by Crippen LogP contribution is -1.91. The molecule has 2 aromatic rings. The summed E-state index contributed by atoms with van der Waals surface area (Å²) in [5.41, 5.74) is 7.18. The van der Waals surface area contributed by atoms with E-state index >= 15 is 0 Å². The summed E-state index contributed by atoms with van der Waals surface area (Å²) in [6.45, 7) is 1.73. The SMILES string of the molecule is Cc1c(Cl)cc(O)c(O)c1-c1cn[nH]c1N. The van der Waals surface area contributed by atoms with Crippen molar-refractivity contribution in [3.63, 3.8) is 0 Å². The third-order valence-electron chi connectivity index (χ3n) is 2.41. The first kappa shape index (κ1) is 10.6. The van der Waals surface area contributed by atoms with Crippen LogP contribution in [-0.2, 0) is 0 Å². The molecule has 0 saturated heterocycles. The molecule has 2 rings (SSSR count). The lowest BCUT2D eigenvalue weighted by molar-refractivity contribution is 0.405. The van der Waals surface area contributed by atoms with Crippen LogP contribution >= 0.6 is 11.6 Å². The number of aromatic nitrogens is 2. The monoisotopic (exact) mass is 239 g/mol. The van der Waals surface area contributed by atoms with Crippen LogP contribution in [0.15, 0.2) is 12.3 Å². The van der Waals surface area contributed by atoms with Crippen molar-refractivity contribution in [2.75, 3.05) is 5.73 Å². The zero-order chi connectivity index (χ0) is 11.9. The minimum atomic E-state index is -0.286. The largest absolute Gasteiger partial charge is 0.504 e. The number of nitrogens with zero attached hydrogens (tertiary/aromatic N) is 1. The Morgan fingerprint density at radius 1 is 1.44 bits per heavy atom. The van der Waals surface area contributed by atoms with Gasteiger partial charge in [0.2, 0.25) is 0 Å². The van der Waals surface area contributed by atoms with Crippen LogP contribution in [0, 0.1) is 6.92 Å². The molecule has 5 N–H and O–H groups in total. The van der Waals surface area contributed by atoms with Gasteiger partial charge in [-0.05, 0) is 12.5 Å². The molecule has 84 valence electrons. The first-order chi connectivity index (χ1) is 7.52. The molecule has 0 amide bonds. The number of nitrogen functional groups attached to an aromatic ring is 1. The van der Waals surface area contributed by atoms with E-state index in [4.69, 9.17) is 17.3 Å². The third-order valence-corrected chi connectivity index (χ3v) is 2.81. The number of phenolic OH excluding ortho intramolecular Hbond substituents is 2. The van der Waals surface area contributed by atoms with Crippen LogP contribution in [0.4, 0.5) is 5.82 Å². The maximum absolute atomic E-state index is 9.79. The van der Waals surface area contributed by atoms with Gasteiger partial charge in [0.15, 0.2) is 11.5 Å². The van der Waals surface area contributed by atoms with Gasteiger partial charge in [-0.15, -0.1) is 0 Å². The number of nitrogens with two attached hydrogens (primary N) is 1. The summed E-state index contributed by atoms with van der Waals surface area (Å²) in [6.07, 6.45) is 1.47. The number of anilines is 1. The van der Waals surface area contributed by atoms with Gasteiger partial charge in [-0.3, -0.25) is 5.10 Å². The van der Waals surface area contributed by atoms with Crippen LogP contribution in [-0.4, -0.2) is 20.4 Å². The van der Waals surface area contributed by atoms with Gasteiger partial charge in [0, 0.05) is 22.2 Å². The number of H-pyrrole nitrogens is 1. The molecule has 0 spiro atoms. The quantitative estimate of drug-likeness (QED) is 0.573. The maximum atomic E-state index is 9.79. The van der Waals surface area contributed by atoms with Gasteiger partial charge in [0.25, 0.3) is 0 Å². The van der Waals surface area contributed by atoms with Gasteiger partial charge in [-0.1, -0.05) is 11.6 Å². The van der Waals surface area contributed by atoms with E-state index in [1.807, 2.05) is 0 Å². The fourth-order valence-corrected chi connectivity index (χ4v) is 1.74. The molecule has 0 radical (unpaired) electrons. The molecule has 0 bridgehead atoms. The van der Waals surface area contributed by atoms with Crippen LogP contribution in [0.3, 0.4) is 0 Å². The van der Waals surface area contributed by atoms with Crippen molar-refractivity contribution in [2.45, 2.75) is 6.92 Å². The van der Waals surface area contributed by atoms with Gasteiger partial charge in [-0.2, -0.15) is 5.10 Å². The second kappa shape index (κ2) is 3.61. The summed E-state index contributed by atoms with van der Waals surface area (Å²) in [4.78, 5) is 0. The number of aromatic amines is 1. The van der Waals surface area contributed by atoms with E-state index in [0.717, 1.165) is 0 Å². The Hall–Kier alpha value is -1.88. The number of hydrogen-bond donors (Lipinski definition) is 4. The van der Waals surface area contributed by atoms with Crippen molar-refractivity contribution in [2.24, 2.45) is 0 Å². The Balaban J connectivity index is 2.79. The number of rotatable bonds is 1. The van der Waals surface area contributed by atoms with Gasteiger partial charge < -0.3 is 15.9 Å². The van der Waals surface area contributed by atoms with Crippen molar-refractivity contribution in [3.05, 3.63) is 22.8 Å². The standard InChI is InChI=1S/C10H10ClN3O2/c1-4-6(11)2-7(15)9(16)8(4)5-3-13-14-10(5)12/h2-3,15-16H,1H3,(H3,12,13,14). The second-order valence-corrected chi connectivity index (χ2v) is 3.83. The van der Waals surface area contributed by atoms with E-state index in [9.17, 15) is 10.2 Å². The Labute approximate surface area is 96.5 Å². The number of phenols is 2. The Morgan fingerprint density at radius 2 is 2.12 bits per heavy atom. The molecule has 6 heteroatoms. The van der Waals surface area contributed by atoms with Gasteiger partial charge in [-0.25, -0.2) is 0 Å². The molecule has 0 unspecified atom stereocenters. The zero-order valence-electron chi connectivity index (χ0n) is 8.45. The fraction of sp³-hybridized carbons (Fsp3) is 0.100. The van der Waals surface area contributed by atoms with Crippen molar-refractivity contribution >= 4 is 17.4 Å². The molecular weight excluding hydrogens is 230 g/mol. The number of benzene rings is 1. The van der Waals surface area contributed by atoms with E-state index < -0.39 is 0 Å². The van der Waals surface area contributed by atoms with E-state index in [2.05, 4.69) is 10.2 Å². The van der Waals surface area contributed by atoms with Crippen molar-refractivity contribution in [3.8, 4) is 22.6 Å². The highest BCUT2D eigenvalue weighted by molar-refractivity contribution is 6.32. The van der Waals surface area contributed by atoms with Crippen molar-refractivity contribution < 1.29 is 10.2 Å². The summed E-state index contributed by atoms with van der Waals surface area (Å²) in [6, 6.07) is 1.28. The predicted octanol–water partition coefficient (Wildman–Crippen LogP) is 2.03. The molecule has 0 aliphatic heterocycles. The molecule has 0 saturated carbocycles. The average molecular weight is 240 g/mol. The topological polar surface area (TPSA) is 95.2 Å². The predicted molar refractivity (Wildman–Crippen MR) is 61.5 cm³/mol. The van der Waals surface area contributed by atoms with Gasteiger partial charge >= 0.3 is 0 Å². The zero-order valence-corrected chi connectivity index (χ0v) is 9.21. The Kier molecular flexibility index (Phi) is 2.40. The molecule has 0 aliphatic carbocycles. The normalized spacial score (nSPS) is 10.6. The lowest BCUT2D eigenvalue weighted by Gasteiger charge is -2.10. The third kappa shape index (κ3) is 1.45. The summed E-state index contributed by atoms with van der Waals surface area (Å²) in [5.74, 6) is -0.235. The molecule has 0 aliphatic rings. The lowest BCUT2D eigenvalue weighted by atomic mass is 10.0. The number of halogens is 1. The highest BCUT2D eigenvalue weighted by Gasteiger charge is 2.18. The van der Waals surface area contributed by atoms with Crippen LogP contribution in [0.1, 0.15) is 5.56 Å². The minimum absolute atomic E-state index is 0.255. The maximum Gasteiger partial charge on any atom is 0.165 e. The molecule has 5 nitrogen and oxygen atoms in total. The average Bonchev–Trinajstić information content (AvgIpc) is 2.63. The van der Waals surface area contributed by atoms with E-state index in [1.54, 1.807) is 6.92 Å². The van der Waals surface area contributed by atoms with Crippen LogP contribution in [0.5, 0.6) is 11.5 Å². The Morgan fingerprint density at radius 3 is 2.69 bits per heavy atom. The smallest absolute Gasteiger partial charge is 0.165 e. The van der Waals surface area contributed by atoms with Crippen LogP contribution in [0.2, 0.25) is 5.02 Å². The highest BCUT2D eigenvalue weighted by Crippen LogP contribution is 2.43. The van der Waals surface area contributed by atoms with E-state index in [1.165, 1.54) is 12.3 Å².